The summed E-state index contributed by atoms with van der Waals surface area (Å²) in [7, 11) is 0. The number of aromatic nitrogens is 2. The van der Waals surface area contributed by atoms with E-state index in [1.807, 2.05) is 11.3 Å². The first kappa shape index (κ1) is 27.5. The molecule has 0 radical (unpaired) electrons. The Morgan fingerprint density at radius 3 is 2.51 bits per heavy atom. The molecule has 3 atom stereocenters. The average Bonchev–Trinajstić information content (AvgIpc) is 3.46. The topological polar surface area (TPSA) is 31.8 Å². The Labute approximate surface area is 288 Å². The van der Waals surface area contributed by atoms with Gasteiger partial charge in [0.2, 0.25) is 0 Å². The average molecular weight is 648 g/mol. The molecule has 1 aliphatic heterocycles. The van der Waals surface area contributed by atoms with Crippen molar-refractivity contribution in [2.45, 2.75) is 30.3 Å². The van der Waals surface area contributed by atoms with Crippen molar-refractivity contribution >= 4 is 76.5 Å². The lowest BCUT2D eigenvalue weighted by atomic mass is 9.81. The lowest BCUT2D eigenvalue weighted by molar-refractivity contribution is 0.667. The van der Waals surface area contributed by atoms with Crippen LogP contribution in [0.15, 0.2) is 146 Å². The molecule has 4 heterocycles. The van der Waals surface area contributed by atoms with Gasteiger partial charge in [0.25, 0.3) is 0 Å². The molecule has 3 nitrogen and oxygen atoms in total. The van der Waals surface area contributed by atoms with E-state index in [9.17, 15) is 0 Å². The van der Waals surface area contributed by atoms with Crippen LogP contribution >= 0.6 is 11.3 Å². The van der Waals surface area contributed by atoms with Gasteiger partial charge in [-0.15, -0.1) is 11.3 Å². The summed E-state index contributed by atoms with van der Waals surface area (Å²) in [6, 6.07) is 40.6. The third-order valence-electron chi connectivity index (χ3n) is 11.1. The molecule has 2 aliphatic carbocycles. The fourth-order valence-electron chi connectivity index (χ4n) is 8.81. The Kier molecular flexibility index (Phi) is 5.78. The van der Waals surface area contributed by atoms with Gasteiger partial charge in [-0.1, -0.05) is 109 Å². The number of thiophene rings is 1. The molecule has 8 aromatic rings. The highest BCUT2D eigenvalue weighted by atomic mass is 32.1. The van der Waals surface area contributed by atoms with E-state index < -0.39 is 0 Å². The number of para-hydroxylation sites is 2. The number of fused-ring (bicyclic) bond motifs is 11. The number of allylic oxidation sites excluding steroid dienone is 3. The minimum Gasteiger partial charge on any atom is -0.317 e. The number of nitrogens with zero attached hydrogens (tertiary/aromatic N) is 2. The van der Waals surface area contributed by atoms with Gasteiger partial charge in [0.05, 0.1) is 22.1 Å². The van der Waals surface area contributed by atoms with Crippen LogP contribution < -0.4 is 5.32 Å². The van der Waals surface area contributed by atoms with Gasteiger partial charge in [0, 0.05) is 65.9 Å². The van der Waals surface area contributed by atoms with Crippen LogP contribution in [0.3, 0.4) is 0 Å². The third-order valence-corrected chi connectivity index (χ3v) is 12.3. The Balaban J connectivity index is 1.12. The maximum atomic E-state index is 3.88. The molecule has 49 heavy (non-hydrogen) atoms. The van der Waals surface area contributed by atoms with E-state index in [1.54, 1.807) is 0 Å². The van der Waals surface area contributed by atoms with E-state index in [0.29, 0.717) is 6.04 Å². The van der Waals surface area contributed by atoms with Gasteiger partial charge in [0.1, 0.15) is 0 Å². The molecular weight excluding hydrogens is 615 g/mol. The quantitative estimate of drug-likeness (QED) is 0.185. The standard InChI is InChI=1S/C45H33N3S/c1-2-12-30(13-3-1)48-38-18-8-4-14-31(38)32-22-21-29(28-40(32)48)36(45-26-11-10-20-42(45)46-45)25-27-47-37-17-7-5-16-35(37)43-39(47)24-23-34-33-15-6-9-19-41(33)49-44(34)43/h1-4,6-15,17-28,36,42,46H,5,16H2/b27-25+. The molecule has 1 fully saturated rings. The van der Waals surface area contributed by atoms with E-state index in [1.165, 1.54) is 75.4 Å². The first-order chi connectivity index (χ1) is 24.3. The molecule has 1 saturated heterocycles. The SMILES string of the molecule is C1=CC2NC2(C(/C=C/n2c3c(c4c5sc6ccccc6c5ccc42)CCC=C3)c2ccc3c4ccccc4n(-c4ccccc4)c3c2)C=C1. The smallest absolute Gasteiger partial charge is 0.0670 e. The summed E-state index contributed by atoms with van der Waals surface area (Å²) in [5, 5.41) is 10.6. The van der Waals surface area contributed by atoms with Crippen molar-refractivity contribution in [2.24, 2.45) is 0 Å². The van der Waals surface area contributed by atoms with Gasteiger partial charge in [0.15, 0.2) is 0 Å². The predicted molar refractivity (Wildman–Crippen MR) is 209 cm³/mol. The number of hydrogen-bond donors (Lipinski definition) is 1. The summed E-state index contributed by atoms with van der Waals surface area (Å²) in [5.41, 5.74) is 8.91. The molecule has 3 aliphatic rings. The number of rotatable bonds is 5. The summed E-state index contributed by atoms with van der Waals surface area (Å²) >= 11 is 1.94. The van der Waals surface area contributed by atoms with Gasteiger partial charge in [-0.3, -0.25) is 5.32 Å². The van der Waals surface area contributed by atoms with Crippen molar-refractivity contribution in [1.29, 1.82) is 0 Å². The highest BCUT2D eigenvalue weighted by Crippen LogP contribution is 2.48. The minimum absolute atomic E-state index is 0.124. The lowest BCUT2D eigenvalue weighted by Gasteiger charge is -2.23. The predicted octanol–water partition coefficient (Wildman–Crippen LogP) is 11.2. The van der Waals surface area contributed by atoms with Crippen LogP contribution in [0.4, 0.5) is 0 Å². The second-order valence-corrected chi connectivity index (χ2v) is 14.7. The van der Waals surface area contributed by atoms with Crippen LogP contribution in [0.25, 0.3) is 70.8 Å². The molecule has 1 N–H and O–H groups in total. The second-order valence-electron chi connectivity index (χ2n) is 13.7. The zero-order valence-electron chi connectivity index (χ0n) is 26.9. The molecule has 3 aromatic heterocycles. The lowest BCUT2D eigenvalue weighted by Crippen LogP contribution is -2.24. The normalized spacial score (nSPS) is 20.3. The van der Waals surface area contributed by atoms with Crippen molar-refractivity contribution < 1.29 is 0 Å². The summed E-state index contributed by atoms with van der Waals surface area (Å²) < 4.78 is 7.67. The molecule has 4 heteroatoms. The van der Waals surface area contributed by atoms with Crippen LogP contribution in [0, 0.1) is 0 Å². The zero-order valence-corrected chi connectivity index (χ0v) is 27.7. The fraction of sp³-hybridized carbons (Fsp3) is 0.111. The summed E-state index contributed by atoms with van der Waals surface area (Å²) in [6.45, 7) is 0. The Bertz CT molecular complexity index is 2770. The maximum absolute atomic E-state index is 3.88. The number of benzene rings is 5. The first-order valence-corrected chi connectivity index (χ1v) is 18.1. The van der Waals surface area contributed by atoms with Crippen LogP contribution in [0.5, 0.6) is 0 Å². The molecule has 0 spiro atoms. The van der Waals surface area contributed by atoms with Crippen LogP contribution in [0.1, 0.15) is 29.2 Å². The molecule has 0 saturated carbocycles. The van der Waals surface area contributed by atoms with E-state index in [-0.39, 0.29) is 11.5 Å². The number of aryl methyl sites for hydroxylation is 1. The molecule has 3 unspecified atom stereocenters. The summed E-state index contributed by atoms with van der Waals surface area (Å²) in [4.78, 5) is 0. The van der Waals surface area contributed by atoms with Gasteiger partial charge >= 0.3 is 0 Å². The van der Waals surface area contributed by atoms with Crippen LogP contribution in [-0.4, -0.2) is 20.7 Å². The highest BCUT2D eigenvalue weighted by molar-refractivity contribution is 7.26. The molecule has 234 valence electrons. The maximum Gasteiger partial charge on any atom is 0.0670 e. The molecule has 0 bridgehead atoms. The van der Waals surface area contributed by atoms with E-state index in [0.717, 1.165) is 12.8 Å². The van der Waals surface area contributed by atoms with Crippen LogP contribution in [-0.2, 0) is 6.42 Å². The highest BCUT2D eigenvalue weighted by Gasteiger charge is 2.56. The van der Waals surface area contributed by atoms with E-state index in [2.05, 4.69) is 172 Å². The first-order valence-electron chi connectivity index (χ1n) is 17.3. The van der Waals surface area contributed by atoms with Crippen molar-refractivity contribution in [3.8, 4) is 5.69 Å². The number of nitrogens with one attached hydrogen (secondary N) is 1. The Morgan fingerprint density at radius 1 is 0.776 bits per heavy atom. The Morgan fingerprint density at radius 2 is 1.59 bits per heavy atom. The van der Waals surface area contributed by atoms with Crippen LogP contribution in [0.2, 0.25) is 0 Å². The van der Waals surface area contributed by atoms with Crippen molar-refractivity contribution in [3.05, 3.63) is 162 Å². The largest absolute Gasteiger partial charge is 0.317 e. The number of hydrogen-bond acceptors (Lipinski definition) is 2. The van der Waals surface area contributed by atoms with Crippen molar-refractivity contribution in [1.82, 2.24) is 14.5 Å². The summed E-state index contributed by atoms with van der Waals surface area (Å²) in [6.07, 6.45) is 20.8. The second kappa shape index (κ2) is 10.3. The van der Waals surface area contributed by atoms with Gasteiger partial charge in [-0.25, -0.2) is 0 Å². The van der Waals surface area contributed by atoms with Gasteiger partial charge in [-0.2, -0.15) is 0 Å². The fourth-order valence-corrected chi connectivity index (χ4v) is 10.1. The van der Waals surface area contributed by atoms with Crippen molar-refractivity contribution in [2.75, 3.05) is 0 Å². The minimum atomic E-state index is -0.153. The van der Waals surface area contributed by atoms with Gasteiger partial charge < -0.3 is 9.13 Å². The monoisotopic (exact) mass is 647 g/mol. The summed E-state index contributed by atoms with van der Waals surface area (Å²) in [5.74, 6) is 0.124. The molecular formula is C45H33N3S. The Hall–Kier alpha value is -5.42. The third kappa shape index (κ3) is 3.93. The van der Waals surface area contributed by atoms with Crippen molar-refractivity contribution in [3.63, 3.8) is 0 Å². The van der Waals surface area contributed by atoms with E-state index >= 15 is 0 Å². The molecule has 11 rings (SSSR count). The zero-order chi connectivity index (χ0) is 32.1. The van der Waals surface area contributed by atoms with Gasteiger partial charge in [-0.05, 0) is 66.4 Å². The molecule has 5 aromatic carbocycles. The van der Waals surface area contributed by atoms with E-state index in [4.69, 9.17) is 0 Å². The molecule has 0 amide bonds.